The lowest BCUT2D eigenvalue weighted by molar-refractivity contribution is -0.138. The molecule has 0 bridgehead atoms. The van der Waals surface area contributed by atoms with Crippen molar-refractivity contribution in [1.82, 2.24) is 9.71 Å². The summed E-state index contributed by atoms with van der Waals surface area (Å²) in [5.74, 6) is 0. The Labute approximate surface area is 161 Å². The molecular formula is C15H13BrClF3N2O3S. The molecule has 0 aliphatic rings. The molecule has 0 amide bonds. The second kappa shape index (κ2) is 7.81. The number of benzene rings is 1. The largest absolute Gasteiger partial charge is 0.416 e. The van der Waals surface area contributed by atoms with Gasteiger partial charge in [-0.05, 0) is 46.6 Å². The lowest BCUT2D eigenvalue weighted by Gasteiger charge is -2.19. The summed E-state index contributed by atoms with van der Waals surface area (Å²) in [6, 6.07) is 4.18. The highest BCUT2D eigenvalue weighted by atomic mass is 79.9. The maximum absolute atomic E-state index is 13.0. The van der Waals surface area contributed by atoms with Crippen LogP contribution in [0, 0.1) is 6.92 Å². The highest BCUT2D eigenvalue weighted by molar-refractivity contribution is 9.10. The third kappa shape index (κ3) is 4.74. The molecule has 2 aromatic rings. The average Bonchev–Trinajstić information content (AvgIpc) is 2.54. The molecule has 0 fully saturated rings. The van der Waals surface area contributed by atoms with E-state index in [4.69, 9.17) is 16.3 Å². The van der Waals surface area contributed by atoms with Gasteiger partial charge in [-0.25, -0.2) is 13.4 Å². The van der Waals surface area contributed by atoms with Crippen molar-refractivity contribution in [1.29, 1.82) is 0 Å². The minimum absolute atomic E-state index is 0.0819. The zero-order valence-corrected chi connectivity index (χ0v) is 16.6. The fourth-order valence-corrected chi connectivity index (χ4v) is 3.90. The van der Waals surface area contributed by atoms with Gasteiger partial charge in [-0.3, -0.25) is 0 Å². The van der Waals surface area contributed by atoms with Crippen molar-refractivity contribution in [2.24, 2.45) is 0 Å². The van der Waals surface area contributed by atoms with Gasteiger partial charge in [0.25, 0.3) is 0 Å². The van der Waals surface area contributed by atoms with E-state index in [0.717, 1.165) is 12.1 Å². The fraction of sp³-hybridized carbons (Fsp3) is 0.267. The van der Waals surface area contributed by atoms with Gasteiger partial charge in [0.15, 0.2) is 0 Å². The molecule has 0 saturated heterocycles. The van der Waals surface area contributed by atoms with Crippen LogP contribution in [0.4, 0.5) is 13.2 Å². The molecule has 0 aliphatic heterocycles. The van der Waals surface area contributed by atoms with Gasteiger partial charge >= 0.3 is 6.18 Å². The quantitative estimate of drug-likeness (QED) is 0.515. The molecule has 1 aromatic heterocycles. The van der Waals surface area contributed by atoms with Crippen LogP contribution in [0.1, 0.15) is 22.9 Å². The minimum atomic E-state index is -4.67. The monoisotopic (exact) mass is 472 g/mol. The highest BCUT2D eigenvalue weighted by Gasteiger charge is 2.34. The Morgan fingerprint density at radius 2 is 1.96 bits per heavy atom. The van der Waals surface area contributed by atoms with Crippen LogP contribution in [0.2, 0.25) is 5.02 Å². The van der Waals surface area contributed by atoms with Crippen LogP contribution in [-0.4, -0.2) is 20.5 Å². The molecule has 0 aliphatic carbocycles. The number of hydrogen-bond donors (Lipinski definition) is 1. The molecule has 1 unspecified atom stereocenters. The number of methoxy groups -OCH3 is 1. The van der Waals surface area contributed by atoms with Crippen LogP contribution >= 0.6 is 27.5 Å². The number of nitrogens with zero attached hydrogens (tertiary/aromatic N) is 1. The van der Waals surface area contributed by atoms with Crippen molar-refractivity contribution in [2.45, 2.75) is 24.2 Å². The summed E-state index contributed by atoms with van der Waals surface area (Å²) in [7, 11) is -3.08. The van der Waals surface area contributed by atoms with E-state index in [-0.39, 0.29) is 20.8 Å². The molecule has 0 saturated carbocycles. The van der Waals surface area contributed by atoms with Crippen LogP contribution in [0.3, 0.4) is 0 Å². The first kappa shape index (κ1) is 21.1. The topological polar surface area (TPSA) is 68.3 Å². The molecule has 11 heteroatoms. The highest BCUT2D eigenvalue weighted by Crippen LogP contribution is 2.33. The zero-order valence-electron chi connectivity index (χ0n) is 13.4. The van der Waals surface area contributed by atoms with Gasteiger partial charge in [0.05, 0.1) is 15.5 Å². The Morgan fingerprint density at radius 3 is 2.54 bits per heavy atom. The molecule has 0 radical (unpaired) electrons. The molecule has 26 heavy (non-hydrogen) atoms. The molecule has 2 rings (SSSR count). The summed E-state index contributed by atoms with van der Waals surface area (Å²) in [4.78, 5) is 3.39. The third-order valence-corrected chi connectivity index (χ3v) is 5.71. The maximum Gasteiger partial charge on any atom is 0.416 e. The minimum Gasteiger partial charge on any atom is -0.361 e. The Bertz CT molecular complexity index is 923. The molecule has 0 spiro atoms. The first-order chi connectivity index (χ1) is 12.0. The lowest BCUT2D eigenvalue weighted by Crippen LogP contribution is -2.30. The first-order valence-electron chi connectivity index (χ1n) is 6.99. The Morgan fingerprint density at radius 1 is 1.31 bits per heavy atom. The van der Waals surface area contributed by atoms with Crippen molar-refractivity contribution in [2.75, 3.05) is 7.11 Å². The van der Waals surface area contributed by atoms with E-state index in [2.05, 4.69) is 25.6 Å². The first-order valence-corrected chi connectivity index (χ1v) is 9.65. The number of halogens is 5. The second-order valence-electron chi connectivity index (χ2n) is 5.25. The Kier molecular flexibility index (Phi) is 6.34. The lowest BCUT2D eigenvalue weighted by atomic mass is 10.1. The summed E-state index contributed by atoms with van der Waals surface area (Å²) in [5, 5.41) is 0.235. The average molecular weight is 474 g/mol. The number of hydrogen-bond acceptors (Lipinski definition) is 4. The normalized spacial score (nSPS) is 13.7. The molecule has 1 N–H and O–H groups in total. The molecule has 1 aromatic carbocycles. The number of pyridine rings is 1. The smallest absolute Gasteiger partial charge is 0.361 e. The van der Waals surface area contributed by atoms with E-state index in [1.54, 1.807) is 0 Å². The van der Waals surface area contributed by atoms with Crippen LogP contribution in [0.5, 0.6) is 0 Å². The number of sulfonamides is 1. The Hall–Kier alpha value is -1.20. The van der Waals surface area contributed by atoms with Crippen molar-refractivity contribution in [3.63, 3.8) is 0 Å². The number of alkyl halides is 3. The number of ether oxygens (including phenoxy) is 1. The van der Waals surface area contributed by atoms with Crippen LogP contribution in [0.25, 0.3) is 0 Å². The van der Waals surface area contributed by atoms with Gasteiger partial charge < -0.3 is 4.74 Å². The van der Waals surface area contributed by atoms with Gasteiger partial charge in [0, 0.05) is 18.9 Å². The van der Waals surface area contributed by atoms with Crippen molar-refractivity contribution in [3.05, 3.63) is 56.8 Å². The summed E-state index contributed by atoms with van der Waals surface area (Å²) in [6.45, 7) is 1.25. The number of rotatable bonds is 5. The second-order valence-corrected chi connectivity index (χ2v) is 8.15. The standard InChI is InChI=1S/C15H13BrClF3N2O3S/c1-8-3-4-10(6-12(8)15(18,19)20)26(23,24)22-14(25-2)11-5-9(17)7-21-13(11)16/h3-7,14,22H,1-2H3. The van der Waals surface area contributed by atoms with Gasteiger partial charge in [-0.15, -0.1) is 0 Å². The van der Waals surface area contributed by atoms with E-state index < -0.39 is 32.9 Å². The molecular weight excluding hydrogens is 461 g/mol. The van der Waals surface area contributed by atoms with Gasteiger partial charge in [0.2, 0.25) is 10.0 Å². The van der Waals surface area contributed by atoms with Crippen molar-refractivity contribution in [3.8, 4) is 0 Å². The van der Waals surface area contributed by atoms with Crippen LogP contribution in [-0.2, 0) is 20.9 Å². The van der Waals surface area contributed by atoms with E-state index in [1.807, 2.05) is 0 Å². The summed E-state index contributed by atoms with van der Waals surface area (Å²) in [6.07, 6.45) is -4.54. The van der Waals surface area contributed by atoms with E-state index >= 15 is 0 Å². The van der Waals surface area contributed by atoms with Gasteiger partial charge in [-0.2, -0.15) is 17.9 Å². The summed E-state index contributed by atoms with van der Waals surface area (Å²) in [5.41, 5.74) is -0.840. The zero-order chi connectivity index (χ0) is 19.7. The predicted octanol–water partition coefficient (Wildman–Crippen LogP) is 4.45. The van der Waals surface area contributed by atoms with E-state index in [9.17, 15) is 21.6 Å². The van der Waals surface area contributed by atoms with E-state index in [1.165, 1.54) is 26.3 Å². The molecule has 5 nitrogen and oxygen atoms in total. The summed E-state index contributed by atoms with van der Waals surface area (Å²) < 4.78 is 71.8. The predicted molar refractivity (Wildman–Crippen MR) is 93.2 cm³/mol. The van der Waals surface area contributed by atoms with Crippen LogP contribution in [0.15, 0.2) is 40.0 Å². The SMILES string of the molecule is COC(NS(=O)(=O)c1ccc(C)c(C(F)(F)F)c1)c1cc(Cl)cnc1Br. The van der Waals surface area contributed by atoms with Crippen molar-refractivity contribution >= 4 is 37.6 Å². The maximum atomic E-state index is 13.0. The molecule has 142 valence electrons. The number of nitrogens with one attached hydrogen (secondary N) is 1. The molecule has 1 heterocycles. The van der Waals surface area contributed by atoms with Gasteiger partial charge in [0.1, 0.15) is 10.8 Å². The fourth-order valence-electron chi connectivity index (χ4n) is 2.14. The summed E-state index contributed by atoms with van der Waals surface area (Å²) >= 11 is 9.00. The number of aromatic nitrogens is 1. The van der Waals surface area contributed by atoms with Gasteiger partial charge in [-0.1, -0.05) is 17.7 Å². The third-order valence-electron chi connectivity index (χ3n) is 3.44. The van der Waals surface area contributed by atoms with Crippen molar-refractivity contribution < 1.29 is 26.3 Å². The Balaban J connectivity index is 2.43. The van der Waals surface area contributed by atoms with Crippen LogP contribution < -0.4 is 4.72 Å². The van der Waals surface area contributed by atoms with E-state index in [0.29, 0.717) is 6.07 Å². The number of aryl methyl sites for hydroxylation is 1. The molecule has 1 atom stereocenters.